The number of carbonyl (C=O) groups is 1. The third-order valence-electron chi connectivity index (χ3n) is 2.44. The highest BCUT2D eigenvalue weighted by Crippen LogP contribution is 2.28. The van der Waals surface area contributed by atoms with Crippen LogP contribution in [0.3, 0.4) is 0 Å². The zero-order valence-corrected chi connectivity index (χ0v) is 9.98. The Labute approximate surface area is 111 Å². The SMILES string of the molecule is O=C(O)c1ccc(Nc2cccc(C(F)(F)F)n2)cc1. The Bertz CT molecular complexity index is 624. The molecule has 7 heteroatoms. The van der Waals surface area contributed by atoms with Crippen LogP contribution in [0, 0.1) is 0 Å². The fourth-order valence-corrected chi connectivity index (χ4v) is 1.51. The first-order valence-corrected chi connectivity index (χ1v) is 5.51. The summed E-state index contributed by atoms with van der Waals surface area (Å²) >= 11 is 0. The number of aromatic carboxylic acids is 1. The van der Waals surface area contributed by atoms with Crippen molar-refractivity contribution >= 4 is 17.5 Å². The van der Waals surface area contributed by atoms with Gasteiger partial charge in [0.15, 0.2) is 0 Å². The number of alkyl halides is 3. The number of rotatable bonds is 3. The zero-order valence-electron chi connectivity index (χ0n) is 9.98. The van der Waals surface area contributed by atoms with Crippen LogP contribution in [-0.2, 0) is 6.18 Å². The standard InChI is InChI=1S/C13H9F3N2O2/c14-13(15,16)10-2-1-3-11(18-10)17-9-6-4-8(5-7-9)12(19)20/h1-7H,(H,17,18)(H,19,20). The van der Waals surface area contributed by atoms with E-state index in [-0.39, 0.29) is 11.4 Å². The molecular weight excluding hydrogens is 273 g/mol. The lowest BCUT2D eigenvalue weighted by Gasteiger charge is -2.09. The van der Waals surface area contributed by atoms with Crippen molar-refractivity contribution in [3.05, 3.63) is 53.7 Å². The molecule has 20 heavy (non-hydrogen) atoms. The summed E-state index contributed by atoms with van der Waals surface area (Å²) in [6.45, 7) is 0. The average molecular weight is 282 g/mol. The second kappa shape index (κ2) is 5.20. The van der Waals surface area contributed by atoms with Crippen molar-refractivity contribution in [3.8, 4) is 0 Å². The molecule has 2 rings (SSSR count). The van der Waals surface area contributed by atoms with Gasteiger partial charge in [0.25, 0.3) is 0 Å². The minimum Gasteiger partial charge on any atom is -0.478 e. The first-order valence-electron chi connectivity index (χ1n) is 5.51. The third-order valence-corrected chi connectivity index (χ3v) is 2.44. The van der Waals surface area contributed by atoms with Crippen molar-refractivity contribution in [1.82, 2.24) is 4.98 Å². The summed E-state index contributed by atoms with van der Waals surface area (Å²) in [5, 5.41) is 11.4. The summed E-state index contributed by atoms with van der Waals surface area (Å²) in [6, 6.07) is 9.09. The van der Waals surface area contributed by atoms with Gasteiger partial charge >= 0.3 is 12.1 Å². The molecule has 0 aliphatic rings. The normalized spacial score (nSPS) is 11.2. The van der Waals surface area contributed by atoms with E-state index < -0.39 is 17.8 Å². The van der Waals surface area contributed by atoms with Crippen LogP contribution in [0.1, 0.15) is 16.1 Å². The van der Waals surface area contributed by atoms with Crippen LogP contribution < -0.4 is 5.32 Å². The van der Waals surface area contributed by atoms with E-state index in [2.05, 4.69) is 10.3 Å². The molecule has 0 atom stereocenters. The zero-order chi connectivity index (χ0) is 14.8. The lowest BCUT2D eigenvalue weighted by Crippen LogP contribution is -2.08. The van der Waals surface area contributed by atoms with E-state index in [0.29, 0.717) is 5.69 Å². The van der Waals surface area contributed by atoms with Crippen molar-refractivity contribution < 1.29 is 23.1 Å². The number of nitrogens with one attached hydrogen (secondary N) is 1. The third kappa shape index (κ3) is 3.25. The van der Waals surface area contributed by atoms with E-state index in [1.807, 2.05) is 0 Å². The minimum atomic E-state index is -4.51. The van der Waals surface area contributed by atoms with Crippen LogP contribution in [0.4, 0.5) is 24.7 Å². The Balaban J connectivity index is 2.20. The largest absolute Gasteiger partial charge is 0.478 e. The van der Waals surface area contributed by atoms with Gasteiger partial charge in [-0.15, -0.1) is 0 Å². The van der Waals surface area contributed by atoms with Gasteiger partial charge in [-0.3, -0.25) is 0 Å². The van der Waals surface area contributed by atoms with Crippen molar-refractivity contribution in [2.75, 3.05) is 5.32 Å². The Kier molecular flexibility index (Phi) is 3.60. The highest BCUT2D eigenvalue weighted by atomic mass is 19.4. The molecule has 0 saturated heterocycles. The second-order valence-corrected chi connectivity index (χ2v) is 3.91. The predicted octanol–water partition coefficient (Wildman–Crippen LogP) is 3.54. The molecule has 0 saturated carbocycles. The Morgan fingerprint density at radius 1 is 1.10 bits per heavy atom. The number of hydrogen-bond donors (Lipinski definition) is 2. The summed E-state index contributed by atoms with van der Waals surface area (Å²) in [5.41, 5.74) is -0.459. The molecule has 0 aliphatic heterocycles. The summed E-state index contributed by atoms with van der Waals surface area (Å²) < 4.78 is 37.5. The Hall–Kier alpha value is -2.57. The lowest BCUT2D eigenvalue weighted by atomic mass is 10.2. The quantitative estimate of drug-likeness (QED) is 0.903. The molecule has 0 aliphatic carbocycles. The minimum absolute atomic E-state index is 0.0305. The Morgan fingerprint density at radius 2 is 1.75 bits per heavy atom. The number of aromatic nitrogens is 1. The predicted molar refractivity (Wildman–Crippen MR) is 65.9 cm³/mol. The van der Waals surface area contributed by atoms with Crippen LogP contribution in [0.15, 0.2) is 42.5 Å². The number of carboxylic acid groups (broad SMARTS) is 1. The van der Waals surface area contributed by atoms with Crippen molar-refractivity contribution in [2.24, 2.45) is 0 Å². The van der Waals surface area contributed by atoms with Crippen LogP contribution in [0.2, 0.25) is 0 Å². The maximum atomic E-state index is 12.5. The van der Waals surface area contributed by atoms with Crippen molar-refractivity contribution in [1.29, 1.82) is 0 Å². The number of pyridine rings is 1. The number of anilines is 2. The fourth-order valence-electron chi connectivity index (χ4n) is 1.51. The van der Waals surface area contributed by atoms with E-state index in [0.717, 1.165) is 6.07 Å². The average Bonchev–Trinajstić information content (AvgIpc) is 2.38. The van der Waals surface area contributed by atoms with Gasteiger partial charge in [0.1, 0.15) is 11.5 Å². The van der Waals surface area contributed by atoms with Gasteiger partial charge < -0.3 is 10.4 Å². The van der Waals surface area contributed by atoms with Crippen LogP contribution in [0.25, 0.3) is 0 Å². The van der Waals surface area contributed by atoms with E-state index >= 15 is 0 Å². The number of benzene rings is 1. The van der Waals surface area contributed by atoms with Gasteiger partial charge in [-0.25, -0.2) is 9.78 Å². The molecule has 1 aromatic heterocycles. The van der Waals surface area contributed by atoms with E-state index in [4.69, 9.17) is 5.11 Å². The molecule has 104 valence electrons. The number of carboxylic acids is 1. The molecule has 0 spiro atoms. The van der Waals surface area contributed by atoms with E-state index in [1.54, 1.807) is 0 Å². The number of nitrogens with zero attached hydrogens (tertiary/aromatic N) is 1. The Morgan fingerprint density at radius 3 is 2.30 bits per heavy atom. The summed E-state index contributed by atoms with van der Waals surface area (Å²) in [5.74, 6) is -1.04. The molecule has 1 aromatic carbocycles. The molecule has 2 N–H and O–H groups in total. The summed E-state index contributed by atoms with van der Waals surface area (Å²) in [7, 11) is 0. The molecule has 0 amide bonds. The van der Waals surface area contributed by atoms with Gasteiger partial charge in [-0.2, -0.15) is 13.2 Å². The molecule has 0 unspecified atom stereocenters. The topological polar surface area (TPSA) is 62.2 Å². The first-order chi connectivity index (χ1) is 9.36. The van der Waals surface area contributed by atoms with Crippen LogP contribution in [-0.4, -0.2) is 16.1 Å². The van der Waals surface area contributed by atoms with Crippen molar-refractivity contribution in [3.63, 3.8) is 0 Å². The smallest absolute Gasteiger partial charge is 0.433 e. The highest BCUT2D eigenvalue weighted by molar-refractivity contribution is 5.88. The molecule has 1 heterocycles. The monoisotopic (exact) mass is 282 g/mol. The molecule has 4 nitrogen and oxygen atoms in total. The maximum Gasteiger partial charge on any atom is 0.433 e. The molecule has 0 bridgehead atoms. The fraction of sp³-hybridized carbons (Fsp3) is 0.0769. The van der Waals surface area contributed by atoms with Gasteiger partial charge in [-0.1, -0.05) is 6.07 Å². The maximum absolute atomic E-state index is 12.5. The van der Waals surface area contributed by atoms with Gasteiger partial charge in [0, 0.05) is 5.69 Å². The molecule has 0 fully saturated rings. The number of halogens is 3. The van der Waals surface area contributed by atoms with Gasteiger partial charge in [0.2, 0.25) is 0 Å². The highest BCUT2D eigenvalue weighted by Gasteiger charge is 2.32. The lowest BCUT2D eigenvalue weighted by molar-refractivity contribution is -0.141. The van der Waals surface area contributed by atoms with E-state index in [1.165, 1.54) is 36.4 Å². The second-order valence-electron chi connectivity index (χ2n) is 3.91. The first kappa shape index (κ1) is 13.9. The van der Waals surface area contributed by atoms with Crippen LogP contribution >= 0.6 is 0 Å². The molecular formula is C13H9F3N2O2. The summed E-state index contributed by atoms with van der Waals surface area (Å²) in [4.78, 5) is 14.1. The van der Waals surface area contributed by atoms with Gasteiger partial charge in [0.05, 0.1) is 5.56 Å². The van der Waals surface area contributed by atoms with Crippen molar-refractivity contribution in [2.45, 2.75) is 6.18 Å². The number of hydrogen-bond acceptors (Lipinski definition) is 3. The van der Waals surface area contributed by atoms with Crippen LogP contribution in [0.5, 0.6) is 0 Å². The van der Waals surface area contributed by atoms with Gasteiger partial charge in [-0.05, 0) is 36.4 Å². The molecule has 2 aromatic rings. The van der Waals surface area contributed by atoms with E-state index in [9.17, 15) is 18.0 Å². The molecule has 0 radical (unpaired) electrons. The summed E-state index contributed by atoms with van der Waals surface area (Å²) in [6.07, 6.45) is -4.51.